The number of aryl methyl sites for hydroxylation is 1. The van der Waals surface area contributed by atoms with Gasteiger partial charge in [-0.05, 0) is 67.3 Å². The van der Waals surface area contributed by atoms with Gasteiger partial charge in [-0.2, -0.15) is 5.26 Å². The molecule has 1 N–H and O–H groups in total. The van der Waals surface area contributed by atoms with E-state index in [9.17, 15) is 10.1 Å². The number of aromatic nitrogens is 1. The number of hydrogen-bond donors (Lipinski definition) is 1. The molecular formula is C29H29N3OS2. The summed E-state index contributed by atoms with van der Waals surface area (Å²) in [5, 5.41) is 14.6. The van der Waals surface area contributed by atoms with Gasteiger partial charge in [-0.15, -0.1) is 22.7 Å². The SMILES string of the molecule is CCC(C)(C)[C@@H]1CCc2c(sc(NC(=O)c3cc(-c4ccc(C)s4)nc4ccccc34)c2C#N)C1. The number of carbonyl (C=O) groups excluding carboxylic acids is 1. The normalized spacial score (nSPS) is 15.6. The van der Waals surface area contributed by atoms with Crippen molar-refractivity contribution in [1.29, 1.82) is 5.26 Å². The van der Waals surface area contributed by atoms with E-state index in [0.29, 0.717) is 22.0 Å². The number of rotatable bonds is 5. The summed E-state index contributed by atoms with van der Waals surface area (Å²) in [6.07, 6.45) is 4.10. The van der Waals surface area contributed by atoms with Crippen molar-refractivity contribution in [2.75, 3.05) is 5.32 Å². The summed E-state index contributed by atoms with van der Waals surface area (Å²) < 4.78 is 0. The van der Waals surface area contributed by atoms with Crippen LogP contribution in [-0.2, 0) is 12.8 Å². The number of amides is 1. The third kappa shape index (κ3) is 4.39. The molecular weight excluding hydrogens is 470 g/mol. The van der Waals surface area contributed by atoms with Crippen LogP contribution in [0, 0.1) is 29.6 Å². The molecule has 35 heavy (non-hydrogen) atoms. The van der Waals surface area contributed by atoms with Crippen molar-refractivity contribution < 1.29 is 4.79 Å². The fourth-order valence-electron chi connectivity index (χ4n) is 4.98. The maximum Gasteiger partial charge on any atom is 0.257 e. The van der Waals surface area contributed by atoms with Crippen LogP contribution in [0.15, 0.2) is 42.5 Å². The number of benzene rings is 1. The number of carbonyl (C=O) groups is 1. The zero-order valence-electron chi connectivity index (χ0n) is 20.6. The van der Waals surface area contributed by atoms with Gasteiger partial charge in [0.1, 0.15) is 11.1 Å². The van der Waals surface area contributed by atoms with Gasteiger partial charge in [-0.25, -0.2) is 4.98 Å². The van der Waals surface area contributed by atoms with Gasteiger partial charge in [0, 0.05) is 15.1 Å². The van der Waals surface area contributed by atoms with Crippen LogP contribution in [0.4, 0.5) is 5.00 Å². The van der Waals surface area contributed by atoms with E-state index in [1.165, 1.54) is 9.75 Å². The summed E-state index contributed by atoms with van der Waals surface area (Å²) in [4.78, 5) is 21.9. The predicted molar refractivity (Wildman–Crippen MR) is 146 cm³/mol. The number of nitriles is 1. The van der Waals surface area contributed by atoms with Gasteiger partial charge in [-0.1, -0.05) is 45.4 Å². The summed E-state index contributed by atoms with van der Waals surface area (Å²) in [6.45, 7) is 8.99. The van der Waals surface area contributed by atoms with Gasteiger partial charge < -0.3 is 5.32 Å². The topological polar surface area (TPSA) is 65.8 Å². The average molecular weight is 500 g/mol. The molecule has 0 bridgehead atoms. The lowest BCUT2D eigenvalue weighted by molar-refractivity contribution is 0.102. The Morgan fingerprint density at radius 2 is 2.03 bits per heavy atom. The Balaban J connectivity index is 1.51. The molecule has 3 heterocycles. The van der Waals surface area contributed by atoms with Crippen LogP contribution >= 0.6 is 22.7 Å². The Bertz CT molecular complexity index is 1470. The van der Waals surface area contributed by atoms with Crippen LogP contribution in [0.25, 0.3) is 21.5 Å². The highest BCUT2D eigenvalue weighted by molar-refractivity contribution is 7.16. The highest BCUT2D eigenvalue weighted by Gasteiger charge is 2.34. The van der Waals surface area contributed by atoms with E-state index in [1.807, 2.05) is 36.4 Å². The zero-order valence-corrected chi connectivity index (χ0v) is 22.2. The van der Waals surface area contributed by atoms with Crippen molar-refractivity contribution in [1.82, 2.24) is 4.98 Å². The maximum atomic E-state index is 13.6. The van der Waals surface area contributed by atoms with Gasteiger partial charge >= 0.3 is 0 Å². The minimum atomic E-state index is -0.196. The van der Waals surface area contributed by atoms with E-state index in [4.69, 9.17) is 4.98 Å². The number of para-hydroxylation sites is 1. The molecule has 1 atom stereocenters. The van der Waals surface area contributed by atoms with Crippen molar-refractivity contribution in [2.45, 2.75) is 53.4 Å². The molecule has 0 radical (unpaired) electrons. The van der Waals surface area contributed by atoms with Crippen molar-refractivity contribution in [2.24, 2.45) is 11.3 Å². The lowest BCUT2D eigenvalue weighted by Crippen LogP contribution is -2.28. The fourth-order valence-corrected chi connectivity index (χ4v) is 7.08. The Labute approximate surface area is 214 Å². The van der Waals surface area contributed by atoms with Gasteiger partial charge in [0.15, 0.2) is 0 Å². The van der Waals surface area contributed by atoms with E-state index < -0.39 is 0 Å². The van der Waals surface area contributed by atoms with Crippen LogP contribution in [0.1, 0.15) is 64.9 Å². The van der Waals surface area contributed by atoms with Crippen molar-refractivity contribution in [3.8, 4) is 16.6 Å². The highest BCUT2D eigenvalue weighted by Crippen LogP contribution is 2.45. The average Bonchev–Trinajstić information content (AvgIpc) is 3.45. The smallest absolute Gasteiger partial charge is 0.257 e. The number of hydrogen-bond acceptors (Lipinski definition) is 5. The molecule has 0 spiro atoms. The van der Waals surface area contributed by atoms with Crippen molar-refractivity contribution >= 4 is 44.5 Å². The zero-order chi connectivity index (χ0) is 24.7. The molecule has 1 aromatic carbocycles. The number of thiophene rings is 2. The Morgan fingerprint density at radius 3 is 2.74 bits per heavy atom. The second-order valence-corrected chi connectivity index (χ2v) is 12.4. The monoisotopic (exact) mass is 499 g/mol. The minimum Gasteiger partial charge on any atom is -0.312 e. The Morgan fingerprint density at radius 1 is 1.23 bits per heavy atom. The van der Waals surface area contributed by atoms with Crippen LogP contribution < -0.4 is 5.32 Å². The van der Waals surface area contributed by atoms with E-state index in [-0.39, 0.29) is 11.3 Å². The molecule has 0 aliphatic heterocycles. The number of anilines is 1. The summed E-state index contributed by atoms with van der Waals surface area (Å²) in [5.41, 5.74) is 4.20. The molecule has 0 unspecified atom stereocenters. The summed E-state index contributed by atoms with van der Waals surface area (Å²) in [7, 11) is 0. The van der Waals surface area contributed by atoms with Crippen molar-refractivity contribution in [3.63, 3.8) is 0 Å². The first-order valence-electron chi connectivity index (χ1n) is 12.1. The van der Waals surface area contributed by atoms with Crippen LogP contribution in [-0.4, -0.2) is 10.9 Å². The van der Waals surface area contributed by atoms with E-state index in [2.05, 4.69) is 45.1 Å². The molecule has 6 heteroatoms. The van der Waals surface area contributed by atoms with E-state index >= 15 is 0 Å². The first-order chi connectivity index (χ1) is 16.8. The van der Waals surface area contributed by atoms with Gasteiger partial charge in [0.2, 0.25) is 0 Å². The molecule has 4 nitrogen and oxygen atoms in total. The Hall–Kier alpha value is -3.01. The molecule has 4 aromatic rings. The Kier molecular flexibility index (Phi) is 6.25. The summed E-state index contributed by atoms with van der Waals surface area (Å²) in [5.74, 6) is 0.397. The molecule has 178 valence electrons. The quantitative estimate of drug-likeness (QED) is 0.302. The number of nitrogens with zero attached hydrogens (tertiary/aromatic N) is 2. The number of fused-ring (bicyclic) bond motifs is 2. The lowest BCUT2D eigenvalue weighted by Gasteiger charge is -2.36. The maximum absolute atomic E-state index is 13.6. The summed E-state index contributed by atoms with van der Waals surface area (Å²) in [6, 6.07) is 16.1. The molecule has 0 saturated heterocycles. The van der Waals surface area contributed by atoms with Crippen LogP contribution in [0.5, 0.6) is 0 Å². The standard InChI is InChI=1S/C29H29N3OS2/c1-5-29(3,4)18-11-12-20-22(16-30)28(35-26(20)14-18)32-27(33)21-15-24(25-13-10-17(2)34-25)31-23-9-7-6-8-19(21)23/h6-10,13,15,18H,5,11-12,14H2,1-4H3,(H,32,33)/t18-/m1/s1. The van der Waals surface area contributed by atoms with E-state index in [1.54, 1.807) is 22.7 Å². The molecule has 0 fully saturated rings. The second-order valence-electron chi connectivity index (χ2n) is 10.0. The predicted octanol–water partition coefficient (Wildman–Crippen LogP) is 8.00. The van der Waals surface area contributed by atoms with E-state index in [0.717, 1.165) is 52.7 Å². The largest absolute Gasteiger partial charge is 0.312 e. The molecule has 1 aliphatic rings. The highest BCUT2D eigenvalue weighted by atomic mass is 32.1. The second kappa shape index (κ2) is 9.22. The molecule has 0 saturated carbocycles. The number of pyridine rings is 1. The van der Waals surface area contributed by atoms with Crippen LogP contribution in [0.3, 0.4) is 0 Å². The third-order valence-electron chi connectivity index (χ3n) is 7.57. The molecule has 1 amide bonds. The lowest BCUT2D eigenvalue weighted by atomic mass is 9.69. The van der Waals surface area contributed by atoms with Gasteiger partial charge in [0.25, 0.3) is 5.91 Å². The van der Waals surface area contributed by atoms with Gasteiger partial charge in [-0.3, -0.25) is 4.79 Å². The first kappa shape index (κ1) is 23.7. The van der Waals surface area contributed by atoms with Crippen LogP contribution in [0.2, 0.25) is 0 Å². The fraction of sp³-hybridized carbons (Fsp3) is 0.345. The summed E-state index contributed by atoms with van der Waals surface area (Å²) >= 11 is 3.25. The molecule has 1 aliphatic carbocycles. The number of nitrogens with one attached hydrogen (secondary N) is 1. The van der Waals surface area contributed by atoms with Gasteiger partial charge in [0.05, 0.1) is 27.2 Å². The third-order valence-corrected chi connectivity index (χ3v) is 9.77. The molecule has 3 aromatic heterocycles. The minimum absolute atomic E-state index is 0.196. The first-order valence-corrected chi connectivity index (χ1v) is 13.8. The van der Waals surface area contributed by atoms with Crippen molar-refractivity contribution in [3.05, 3.63) is 68.9 Å². The molecule has 5 rings (SSSR count).